The summed E-state index contributed by atoms with van der Waals surface area (Å²) in [7, 11) is 0. The molecule has 0 amide bonds. The minimum Gasteiger partial charge on any atom is -0.461 e. The lowest BCUT2D eigenvalue weighted by atomic mass is 9.81. The number of ether oxygens (including phenoxy) is 2. The Morgan fingerprint density at radius 3 is 2.42 bits per heavy atom. The van der Waals surface area contributed by atoms with Gasteiger partial charge in [-0.2, -0.15) is 5.26 Å². The first-order valence-electron chi connectivity index (χ1n) is 17.2. The number of benzene rings is 2. The molecule has 0 bridgehead atoms. The zero-order valence-electron chi connectivity index (χ0n) is 30.2. The maximum atomic E-state index is 13.8. The van der Waals surface area contributed by atoms with Crippen LogP contribution in [0.3, 0.4) is 0 Å². The average Bonchev–Trinajstić information content (AvgIpc) is 3.00. The lowest BCUT2D eigenvalue weighted by molar-refractivity contribution is -0.171. The average molecular weight is 671 g/mol. The minimum absolute atomic E-state index is 0.203. The molecule has 48 heavy (non-hydrogen) atoms. The van der Waals surface area contributed by atoms with Crippen molar-refractivity contribution in [1.82, 2.24) is 9.88 Å². The van der Waals surface area contributed by atoms with Crippen molar-refractivity contribution in [3.8, 4) is 17.2 Å². The molecular formula is C40H51ClN4O3. The highest BCUT2D eigenvalue weighted by molar-refractivity contribution is 6.31. The SMILES string of the molecule is Cc1cccc(Cl)c1CN1CCc2cc(-c3c(C#N)nc(C)c(C(OC(C)(C)C)C(=O)OC(C)C)c3N3CCC(C)(C)CC3)ccc2C1. The Morgan fingerprint density at radius 1 is 1.08 bits per heavy atom. The number of hydrogen-bond acceptors (Lipinski definition) is 7. The zero-order valence-corrected chi connectivity index (χ0v) is 30.9. The van der Waals surface area contributed by atoms with Crippen LogP contribution in [0.4, 0.5) is 5.69 Å². The number of carbonyl (C=O) groups is 1. The number of nitrogens with zero attached hydrogens (tertiary/aromatic N) is 4. The molecule has 8 heteroatoms. The van der Waals surface area contributed by atoms with Gasteiger partial charge in [0.15, 0.2) is 11.8 Å². The fourth-order valence-corrected chi connectivity index (χ4v) is 7.18. The number of esters is 1. The number of piperidine rings is 1. The molecule has 0 radical (unpaired) electrons. The van der Waals surface area contributed by atoms with Crippen molar-refractivity contribution in [3.05, 3.63) is 80.6 Å². The third-order valence-electron chi connectivity index (χ3n) is 9.56. The number of fused-ring (bicyclic) bond motifs is 1. The second kappa shape index (κ2) is 14.2. The first kappa shape index (κ1) is 35.9. The van der Waals surface area contributed by atoms with Crippen LogP contribution in [0.2, 0.25) is 5.02 Å². The second-order valence-electron chi connectivity index (χ2n) is 15.5. The topological polar surface area (TPSA) is 78.7 Å². The van der Waals surface area contributed by atoms with E-state index in [0.29, 0.717) is 17.0 Å². The molecule has 0 N–H and O–H groups in total. The van der Waals surface area contributed by atoms with Crippen LogP contribution in [0.25, 0.3) is 11.1 Å². The number of halogens is 1. The Hall–Kier alpha value is -3.44. The molecule has 0 aliphatic carbocycles. The molecule has 0 saturated carbocycles. The van der Waals surface area contributed by atoms with Gasteiger partial charge in [0.25, 0.3) is 0 Å². The van der Waals surface area contributed by atoms with Crippen molar-refractivity contribution in [1.29, 1.82) is 5.26 Å². The van der Waals surface area contributed by atoms with Gasteiger partial charge < -0.3 is 14.4 Å². The number of nitriles is 1. The van der Waals surface area contributed by atoms with Crippen LogP contribution < -0.4 is 4.90 Å². The van der Waals surface area contributed by atoms with Crippen molar-refractivity contribution in [2.45, 2.75) is 112 Å². The summed E-state index contributed by atoms with van der Waals surface area (Å²) in [4.78, 5) is 23.5. The van der Waals surface area contributed by atoms with Crippen LogP contribution in [0.1, 0.15) is 107 Å². The van der Waals surface area contributed by atoms with Gasteiger partial charge in [-0.05, 0) is 107 Å². The third-order valence-corrected chi connectivity index (χ3v) is 9.91. The lowest BCUT2D eigenvalue weighted by Gasteiger charge is -2.41. The van der Waals surface area contributed by atoms with E-state index in [9.17, 15) is 10.1 Å². The summed E-state index contributed by atoms with van der Waals surface area (Å²) in [5.74, 6) is -0.446. The van der Waals surface area contributed by atoms with Gasteiger partial charge in [0.05, 0.1) is 17.4 Å². The summed E-state index contributed by atoms with van der Waals surface area (Å²) in [6.45, 7) is 22.2. The highest BCUT2D eigenvalue weighted by Gasteiger charge is 2.38. The number of pyridine rings is 1. The van der Waals surface area contributed by atoms with Gasteiger partial charge in [0.1, 0.15) is 6.07 Å². The van der Waals surface area contributed by atoms with Gasteiger partial charge in [-0.25, -0.2) is 9.78 Å². The van der Waals surface area contributed by atoms with Gasteiger partial charge in [0.2, 0.25) is 0 Å². The van der Waals surface area contributed by atoms with E-state index in [1.807, 2.05) is 53.7 Å². The summed E-state index contributed by atoms with van der Waals surface area (Å²) in [5, 5.41) is 11.3. The standard InChI is InChI=1S/C40H51ClN4O3/c1-25(2)47-38(46)37(48-39(5,6)7)34-27(4)43-33(22-42)35(36(34)45-19-16-40(8,9)17-20-45)29-13-14-30-23-44(18-15-28(30)21-29)24-31-26(3)11-10-12-32(31)41/h10-14,21,25,37H,15-20,23-24H2,1-9H3. The molecule has 1 unspecified atom stereocenters. The molecule has 1 atom stereocenters. The van der Waals surface area contributed by atoms with E-state index in [-0.39, 0.29) is 11.5 Å². The molecule has 5 rings (SSSR count). The summed E-state index contributed by atoms with van der Waals surface area (Å²) >= 11 is 6.59. The first-order valence-corrected chi connectivity index (χ1v) is 17.6. The van der Waals surface area contributed by atoms with E-state index in [1.165, 1.54) is 22.3 Å². The normalized spacial score (nSPS) is 17.2. The molecule has 2 aromatic carbocycles. The predicted molar refractivity (Wildman–Crippen MR) is 193 cm³/mol. The van der Waals surface area contributed by atoms with E-state index in [0.717, 1.165) is 73.8 Å². The lowest BCUT2D eigenvalue weighted by Crippen LogP contribution is -2.39. The monoisotopic (exact) mass is 670 g/mol. The smallest absolute Gasteiger partial charge is 0.340 e. The van der Waals surface area contributed by atoms with Crippen molar-refractivity contribution in [2.24, 2.45) is 5.41 Å². The van der Waals surface area contributed by atoms with E-state index in [1.54, 1.807) is 0 Å². The maximum absolute atomic E-state index is 13.8. The number of rotatable bonds is 8. The molecule has 2 aliphatic heterocycles. The molecule has 0 spiro atoms. The van der Waals surface area contributed by atoms with Gasteiger partial charge in [-0.15, -0.1) is 0 Å². The van der Waals surface area contributed by atoms with Crippen LogP contribution in [0.5, 0.6) is 0 Å². The molecule has 3 aromatic rings. The Labute approximate surface area is 292 Å². The summed E-state index contributed by atoms with van der Waals surface area (Å²) in [6, 6.07) is 15.0. The zero-order chi connectivity index (χ0) is 35.0. The van der Waals surface area contributed by atoms with Crippen LogP contribution in [-0.2, 0) is 33.8 Å². The van der Waals surface area contributed by atoms with Gasteiger partial charge in [0, 0.05) is 54.6 Å². The van der Waals surface area contributed by atoms with Crippen LogP contribution in [0.15, 0.2) is 36.4 Å². The number of anilines is 1. The Bertz CT molecular complexity index is 1690. The summed E-state index contributed by atoms with van der Waals surface area (Å²) in [5.41, 5.74) is 8.67. The molecule has 1 aromatic heterocycles. The Balaban J connectivity index is 1.63. The van der Waals surface area contributed by atoms with Crippen LogP contribution >= 0.6 is 11.6 Å². The Morgan fingerprint density at radius 2 is 1.79 bits per heavy atom. The largest absolute Gasteiger partial charge is 0.461 e. The van der Waals surface area contributed by atoms with Crippen molar-refractivity contribution < 1.29 is 14.3 Å². The fraction of sp³-hybridized carbons (Fsp3) is 0.525. The minimum atomic E-state index is -1.00. The Kier molecular flexibility index (Phi) is 10.6. The van der Waals surface area contributed by atoms with Gasteiger partial charge >= 0.3 is 5.97 Å². The van der Waals surface area contributed by atoms with E-state index in [4.69, 9.17) is 26.1 Å². The third kappa shape index (κ3) is 8.05. The van der Waals surface area contributed by atoms with Gasteiger partial charge in [-0.1, -0.05) is 55.8 Å². The van der Waals surface area contributed by atoms with E-state index >= 15 is 0 Å². The van der Waals surface area contributed by atoms with Crippen molar-refractivity contribution >= 4 is 23.3 Å². The van der Waals surface area contributed by atoms with Crippen LogP contribution in [-0.4, -0.2) is 47.2 Å². The number of hydrogen-bond donors (Lipinski definition) is 0. The molecule has 1 fully saturated rings. The molecule has 2 aliphatic rings. The molecule has 3 heterocycles. The first-order chi connectivity index (χ1) is 22.6. The van der Waals surface area contributed by atoms with Crippen molar-refractivity contribution in [3.63, 3.8) is 0 Å². The summed E-state index contributed by atoms with van der Waals surface area (Å²) in [6.07, 6.45) is 1.54. The molecular weight excluding hydrogens is 620 g/mol. The number of aromatic nitrogens is 1. The van der Waals surface area contributed by atoms with Crippen LogP contribution in [0, 0.1) is 30.6 Å². The molecule has 1 saturated heterocycles. The quantitative estimate of drug-likeness (QED) is 0.222. The van der Waals surface area contributed by atoms with E-state index in [2.05, 4.69) is 60.9 Å². The van der Waals surface area contributed by atoms with Gasteiger partial charge in [-0.3, -0.25) is 4.90 Å². The predicted octanol–water partition coefficient (Wildman–Crippen LogP) is 8.88. The maximum Gasteiger partial charge on any atom is 0.340 e. The molecule has 7 nitrogen and oxygen atoms in total. The van der Waals surface area contributed by atoms with E-state index < -0.39 is 17.7 Å². The number of carbonyl (C=O) groups excluding carboxylic acids is 1. The fourth-order valence-electron chi connectivity index (χ4n) is 6.90. The highest BCUT2D eigenvalue weighted by Crippen LogP contribution is 2.45. The highest BCUT2D eigenvalue weighted by atomic mass is 35.5. The number of aryl methyl sites for hydroxylation is 2. The second-order valence-corrected chi connectivity index (χ2v) is 15.9. The molecule has 256 valence electrons. The summed E-state index contributed by atoms with van der Waals surface area (Å²) < 4.78 is 12.3. The van der Waals surface area contributed by atoms with Crippen molar-refractivity contribution in [2.75, 3.05) is 24.5 Å².